The Balaban J connectivity index is 1.69. The Kier molecular flexibility index (Phi) is 2.92. The maximum Gasteiger partial charge on any atom is 0.339 e. The first-order valence-electron chi connectivity index (χ1n) is 7.06. The molecule has 4 rings (SSSR count). The molecule has 0 aliphatic heterocycles. The Morgan fingerprint density at radius 2 is 2.27 bits per heavy atom. The lowest BCUT2D eigenvalue weighted by atomic mass is 10.1. The summed E-state index contributed by atoms with van der Waals surface area (Å²) in [6, 6.07) is 3.43. The monoisotopic (exact) mass is 299 g/mol. The van der Waals surface area contributed by atoms with Gasteiger partial charge in [-0.15, -0.1) is 0 Å². The Hall–Kier alpha value is -2.70. The minimum atomic E-state index is -0.447. The van der Waals surface area contributed by atoms with Crippen molar-refractivity contribution in [3.8, 4) is 0 Å². The predicted molar refractivity (Wildman–Crippen MR) is 74.1 cm³/mol. The van der Waals surface area contributed by atoms with Crippen LogP contribution in [0, 0.1) is 6.92 Å². The van der Waals surface area contributed by atoms with Gasteiger partial charge in [-0.3, -0.25) is 0 Å². The molecule has 1 aliphatic carbocycles. The van der Waals surface area contributed by atoms with E-state index in [1.165, 1.54) is 6.20 Å². The van der Waals surface area contributed by atoms with E-state index in [0.717, 1.165) is 18.5 Å². The van der Waals surface area contributed by atoms with Gasteiger partial charge in [0.05, 0.1) is 22.8 Å². The molecule has 22 heavy (non-hydrogen) atoms. The number of carbonyl (C=O) groups is 1. The van der Waals surface area contributed by atoms with Crippen LogP contribution >= 0.6 is 0 Å². The summed E-state index contributed by atoms with van der Waals surface area (Å²) in [6.45, 7) is 1.81. The first-order chi connectivity index (χ1) is 10.7. The summed E-state index contributed by atoms with van der Waals surface area (Å²) >= 11 is 0. The van der Waals surface area contributed by atoms with Crippen molar-refractivity contribution >= 4 is 17.1 Å². The Labute approximate surface area is 125 Å². The van der Waals surface area contributed by atoms with Crippen LogP contribution in [0.3, 0.4) is 0 Å². The van der Waals surface area contributed by atoms with Gasteiger partial charge in [0.2, 0.25) is 0 Å². The predicted octanol–water partition coefficient (Wildman–Crippen LogP) is 2.75. The number of esters is 1. The fraction of sp³-hybridized carbons (Fsp3) is 0.333. The summed E-state index contributed by atoms with van der Waals surface area (Å²) in [5.74, 6) is 0.440. The fourth-order valence-corrected chi connectivity index (χ4v) is 2.39. The van der Waals surface area contributed by atoms with E-state index in [0.29, 0.717) is 34.0 Å². The lowest BCUT2D eigenvalue weighted by Gasteiger charge is -2.06. The van der Waals surface area contributed by atoms with E-state index in [4.69, 9.17) is 13.8 Å². The molecule has 112 valence electrons. The van der Waals surface area contributed by atoms with Crippen LogP contribution < -0.4 is 0 Å². The molecule has 3 heterocycles. The topological polar surface area (TPSA) is 91.2 Å². The summed E-state index contributed by atoms with van der Waals surface area (Å²) in [4.78, 5) is 16.9. The van der Waals surface area contributed by atoms with Crippen molar-refractivity contribution in [2.24, 2.45) is 0 Å². The second-order valence-electron chi connectivity index (χ2n) is 5.37. The van der Waals surface area contributed by atoms with Crippen LogP contribution in [0.5, 0.6) is 0 Å². The Bertz CT molecular complexity index is 834. The van der Waals surface area contributed by atoms with Gasteiger partial charge < -0.3 is 13.8 Å². The zero-order valence-corrected chi connectivity index (χ0v) is 11.9. The minimum Gasteiger partial charge on any atom is -0.454 e. The molecule has 1 fully saturated rings. The third-order valence-corrected chi connectivity index (χ3v) is 3.69. The molecular weight excluding hydrogens is 286 g/mol. The fourth-order valence-electron chi connectivity index (χ4n) is 2.39. The van der Waals surface area contributed by atoms with Crippen molar-refractivity contribution in [2.75, 3.05) is 0 Å². The normalized spacial score (nSPS) is 14.4. The average molecular weight is 299 g/mol. The molecule has 3 aromatic heterocycles. The SMILES string of the molecule is Cc1noc2nc(C3CC3)cc(C(=O)OCc3ccno3)c12. The number of ether oxygens (including phenoxy) is 1. The number of hydrogen-bond acceptors (Lipinski definition) is 7. The molecule has 0 N–H and O–H groups in total. The lowest BCUT2D eigenvalue weighted by molar-refractivity contribution is 0.0439. The van der Waals surface area contributed by atoms with Gasteiger partial charge in [0.15, 0.2) is 12.4 Å². The number of hydrogen-bond donors (Lipinski definition) is 0. The molecule has 0 aromatic carbocycles. The van der Waals surface area contributed by atoms with E-state index in [1.807, 2.05) is 0 Å². The number of carbonyl (C=O) groups excluding carboxylic acids is 1. The maximum atomic E-state index is 12.4. The average Bonchev–Trinajstić information content (AvgIpc) is 3.13. The van der Waals surface area contributed by atoms with Gasteiger partial charge in [-0.2, -0.15) is 0 Å². The van der Waals surface area contributed by atoms with E-state index >= 15 is 0 Å². The van der Waals surface area contributed by atoms with Gasteiger partial charge in [0.25, 0.3) is 5.71 Å². The maximum absolute atomic E-state index is 12.4. The highest BCUT2D eigenvalue weighted by molar-refractivity contribution is 6.03. The highest BCUT2D eigenvalue weighted by Crippen LogP contribution is 2.40. The largest absolute Gasteiger partial charge is 0.454 e. The standard InChI is InChI=1S/C15H13N3O4/c1-8-13-11(15(19)20-7-10-4-5-16-21-10)6-12(9-2-3-9)17-14(13)22-18-8/h4-6,9H,2-3,7H2,1H3. The molecule has 7 nitrogen and oxygen atoms in total. The van der Waals surface area contributed by atoms with Crippen LogP contribution in [-0.2, 0) is 11.3 Å². The first-order valence-corrected chi connectivity index (χ1v) is 7.06. The molecule has 0 radical (unpaired) electrons. The molecule has 7 heteroatoms. The number of pyridine rings is 1. The molecule has 1 saturated carbocycles. The van der Waals surface area contributed by atoms with Gasteiger partial charge in [-0.1, -0.05) is 10.3 Å². The summed E-state index contributed by atoms with van der Waals surface area (Å²) in [6.07, 6.45) is 3.67. The van der Waals surface area contributed by atoms with Crippen molar-refractivity contribution in [1.82, 2.24) is 15.3 Å². The molecule has 0 bridgehead atoms. The van der Waals surface area contributed by atoms with Crippen LogP contribution in [0.4, 0.5) is 0 Å². The first kappa shape index (κ1) is 13.0. The molecular formula is C15H13N3O4. The van der Waals surface area contributed by atoms with Gasteiger partial charge in [0.1, 0.15) is 0 Å². The summed E-state index contributed by atoms with van der Waals surface area (Å²) < 4.78 is 15.4. The quantitative estimate of drug-likeness (QED) is 0.684. The van der Waals surface area contributed by atoms with Crippen LogP contribution in [0.25, 0.3) is 11.1 Å². The van der Waals surface area contributed by atoms with Crippen LogP contribution in [0.2, 0.25) is 0 Å². The molecule has 0 atom stereocenters. The van der Waals surface area contributed by atoms with Crippen molar-refractivity contribution < 1.29 is 18.6 Å². The van der Waals surface area contributed by atoms with Gasteiger partial charge in [-0.25, -0.2) is 9.78 Å². The van der Waals surface area contributed by atoms with Crippen LogP contribution in [0.1, 0.15) is 46.3 Å². The number of rotatable bonds is 4. The Morgan fingerprint density at radius 3 is 3.00 bits per heavy atom. The molecule has 1 aliphatic rings. The van der Waals surface area contributed by atoms with Crippen LogP contribution in [0.15, 0.2) is 27.4 Å². The van der Waals surface area contributed by atoms with E-state index in [-0.39, 0.29) is 6.61 Å². The molecule has 0 amide bonds. The van der Waals surface area contributed by atoms with Crippen LogP contribution in [-0.4, -0.2) is 21.3 Å². The van der Waals surface area contributed by atoms with E-state index in [2.05, 4.69) is 15.3 Å². The second kappa shape index (κ2) is 4.94. The third kappa shape index (κ3) is 2.24. The molecule has 0 unspecified atom stereocenters. The number of nitrogens with zero attached hydrogens (tertiary/aromatic N) is 3. The summed E-state index contributed by atoms with van der Waals surface area (Å²) in [5, 5.41) is 8.07. The zero-order valence-electron chi connectivity index (χ0n) is 11.9. The van der Waals surface area contributed by atoms with E-state index < -0.39 is 5.97 Å². The van der Waals surface area contributed by atoms with Crippen molar-refractivity contribution in [3.05, 3.63) is 41.0 Å². The number of aromatic nitrogens is 3. The van der Waals surface area contributed by atoms with E-state index in [1.54, 1.807) is 19.1 Å². The lowest BCUT2D eigenvalue weighted by Crippen LogP contribution is -2.07. The van der Waals surface area contributed by atoms with Crippen molar-refractivity contribution in [1.29, 1.82) is 0 Å². The van der Waals surface area contributed by atoms with E-state index in [9.17, 15) is 4.79 Å². The zero-order chi connectivity index (χ0) is 15.1. The molecule has 3 aromatic rings. The molecule has 0 saturated heterocycles. The smallest absolute Gasteiger partial charge is 0.339 e. The van der Waals surface area contributed by atoms with Crippen molar-refractivity contribution in [2.45, 2.75) is 32.3 Å². The summed E-state index contributed by atoms with van der Waals surface area (Å²) in [7, 11) is 0. The summed E-state index contributed by atoms with van der Waals surface area (Å²) in [5.41, 5.74) is 2.30. The highest BCUT2D eigenvalue weighted by Gasteiger charge is 2.29. The van der Waals surface area contributed by atoms with Gasteiger partial charge in [-0.05, 0) is 25.8 Å². The minimum absolute atomic E-state index is 0.0335. The van der Waals surface area contributed by atoms with Crippen molar-refractivity contribution in [3.63, 3.8) is 0 Å². The third-order valence-electron chi connectivity index (χ3n) is 3.69. The second-order valence-corrected chi connectivity index (χ2v) is 5.37. The Morgan fingerprint density at radius 1 is 1.41 bits per heavy atom. The molecule has 0 spiro atoms. The number of aryl methyl sites for hydroxylation is 1. The van der Waals surface area contributed by atoms with Gasteiger partial charge in [0, 0.05) is 17.7 Å². The van der Waals surface area contributed by atoms with Gasteiger partial charge >= 0.3 is 5.97 Å². The highest BCUT2D eigenvalue weighted by atomic mass is 16.5. The number of fused-ring (bicyclic) bond motifs is 1.